The Balaban J connectivity index is 1.86. The first-order valence-corrected chi connectivity index (χ1v) is 8.53. The highest BCUT2D eigenvalue weighted by molar-refractivity contribution is 5.46. The minimum atomic E-state index is -0.484. The van der Waals surface area contributed by atoms with Crippen LogP contribution in [0, 0.1) is 5.41 Å². The van der Waals surface area contributed by atoms with Gasteiger partial charge in [-0.3, -0.25) is 0 Å². The number of hydrogen-bond acceptors (Lipinski definition) is 4. The van der Waals surface area contributed by atoms with E-state index in [9.17, 15) is 9.90 Å². The van der Waals surface area contributed by atoms with Crippen molar-refractivity contribution in [2.45, 2.75) is 70.4 Å². The molecule has 0 aromatic heterocycles. The van der Waals surface area contributed by atoms with Gasteiger partial charge in [0.05, 0.1) is 11.6 Å². The molecular formula is C19H25NO3. The Morgan fingerprint density at radius 2 is 2.00 bits per heavy atom. The van der Waals surface area contributed by atoms with Crippen LogP contribution in [0.1, 0.15) is 64.4 Å². The Hall–Kier alpha value is -1.80. The molecule has 0 aliphatic heterocycles. The molecule has 4 nitrogen and oxygen atoms in total. The van der Waals surface area contributed by atoms with Gasteiger partial charge in [-0.2, -0.15) is 4.99 Å². The van der Waals surface area contributed by atoms with Gasteiger partial charge in [-0.1, -0.05) is 32.8 Å². The summed E-state index contributed by atoms with van der Waals surface area (Å²) in [6.45, 7) is 4.50. The van der Waals surface area contributed by atoms with Gasteiger partial charge in [0.2, 0.25) is 6.08 Å². The molecule has 1 N–H and O–H groups in total. The minimum absolute atomic E-state index is 0.139. The van der Waals surface area contributed by atoms with Crippen LogP contribution in [0.4, 0.5) is 0 Å². The molecular weight excluding hydrogens is 290 g/mol. The number of nitrogens with zero attached hydrogens (tertiary/aromatic N) is 1. The first-order chi connectivity index (χ1) is 10.9. The first-order valence-electron chi connectivity index (χ1n) is 8.53. The van der Waals surface area contributed by atoms with Gasteiger partial charge in [-0.25, -0.2) is 4.79 Å². The van der Waals surface area contributed by atoms with E-state index in [1.54, 1.807) is 12.1 Å². The van der Waals surface area contributed by atoms with Crippen molar-refractivity contribution in [2.75, 3.05) is 0 Å². The molecule has 1 atom stereocenters. The monoisotopic (exact) mass is 315 g/mol. The topological polar surface area (TPSA) is 58.9 Å². The molecule has 0 bridgehead atoms. The van der Waals surface area contributed by atoms with Crippen molar-refractivity contribution in [2.24, 2.45) is 10.4 Å². The van der Waals surface area contributed by atoms with E-state index in [-0.39, 0.29) is 11.9 Å². The SMILES string of the molecule is CC1(C)CCC(Oc2cc(C3(N=C=O)CCCC3)ccc2O)C1. The minimum Gasteiger partial charge on any atom is -0.504 e. The quantitative estimate of drug-likeness (QED) is 0.659. The number of rotatable bonds is 4. The molecule has 2 saturated carbocycles. The maximum absolute atomic E-state index is 10.9. The molecule has 0 amide bonds. The molecule has 0 saturated heterocycles. The van der Waals surface area contributed by atoms with Crippen LogP contribution in [0.2, 0.25) is 0 Å². The molecule has 2 aliphatic rings. The molecule has 1 unspecified atom stereocenters. The second-order valence-electron chi connectivity index (χ2n) is 7.77. The number of aromatic hydroxyl groups is 1. The van der Waals surface area contributed by atoms with Crippen LogP contribution in [0.15, 0.2) is 23.2 Å². The lowest BCUT2D eigenvalue weighted by Gasteiger charge is -2.24. The van der Waals surface area contributed by atoms with Crippen molar-refractivity contribution in [3.05, 3.63) is 23.8 Å². The van der Waals surface area contributed by atoms with E-state index in [4.69, 9.17) is 4.74 Å². The maximum atomic E-state index is 10.9. The Bertz CT molecular complexity index is 626. The summed E-state index contributed by atoms with van der Waals surface area (Å²) in [6.07, 6.45) is 8.83. The lowest BCUT2D eigenvalue weighted by Crippen LogP contribution is -2.20. The fourth-order valence-electron chi connectivity index (χ4n) is 4.06. The Morgan fingerprint density at radius 3 is 2.61 bits per heavy atom. The van der Waals surface area contributed by atoms with E-state index in [1.165, 1.54) is 0 Å². The summed E-state index contributed by atoms with van der Waals surface area (Å²) < 4.78 is 6.07. The van der Waals surface area contributed by atoms with E-state index in [0.717, 1.165) is 50.5 Å². The summed E-state index contributed by atoms with van der Waals surface area (Å²) in [5, 5.41) is 10.1. The van der Waals surface area contributed by atoms with Crippen molar-refractivity contribution < 1.29 is 14.6 Å². The molecule has 2 aliphatic carbocycles. The van der Waals surface area contributed by atoms with Crippen molar-refractivity contribution in [3.8, 4) is 11.5 Å². The van der Waals surface area contributed by atoms with E-state index >= 15 is 0 Å². The normalized spacial score (nSPS) is 25.0. The molecule has 1 aromatic carbocycles. The van der Waals surface area contributed by atoms with Crippen LogP contribution >= 0.6 is 0 Å². The summed E-state index contributed by atoms with van der Waals surface area (Å²) in [6, 6.07) is 5.38. The van der Waals surface area contributed by atoms with E-state index in [0.29, 0.717) is 11.2 Å². The zero-order valence-corrected chi connectivity index (χ0v) is 14.0. The van der Waals surface area contributed by atoms with Gasteiger partial charge < -0.3 is 9.84 Å². The third-order valence-corrected chi connectivity index (χ3v) is 5.40. The van der Waals surface area contributed by atoms with Crippen molar-refractivity contribution in [1.29, 1.82) is 0 Å². The number of phenolic OH excluding ortho intramolecular Hbond substituents is 1. The second kappa shape index (κ2) is 6.01. The number of hydrogen-bond donors (Lipinski definition) is 1. The van der Waals surface area contributed by atoms with E-state index in [1.807, 2.05) is 12.1 Å². The number of aliphatic imine (C=N–C) groups is 1. The van der Waals surface area contributed by atoms with Gasteiger partial charge in [-0.15, -0.1) is 0 Å². The highest BCUT2D eigenvalue weighted by Gasteiger charge is 2.37. The second-order valence-corrected chi connectivity index (χ2v) is 7.77. The summed E-state index contributed by atoms with van der Waals surface area (Å²) >= 11 is 0. The zero-order chi connectivity index (χ0) is 16.5. The number of benzene rings is 1. The largest absolute Gasteiger partial charge is 0.504 e. The molecule has 0 spiro atoms. The molecule has 4 heteroatoms. The zero-order valence-electron chi connectivity index (χ0n) is 14.0. The fourth-order valence-corrected chi connectivity index (χ4v) is 4.06. The van der Waals surface area contributed by atoms with Crippen LogP contribution in [0.25, 0.3) is 0 Å². The Kier molecular flexibility index (Phi) is 4.20. The van der Waals surface area contributed by atoms with Crippen molar-refractivity contribution in [1.82, 2.24) is 0 Å². The third kappa shape index (κ3) is 3.28. The Labute approximate surface area is 137 Å². The van der Waals surface area contributed by atoms with E-state index in [2.05, 4.69) is 18.8 Å². The molecule has 124 valence electrons. The van der Waals surface area contributed by atoms with Crippen LogP contribution in [-0.4, -0.2) is 17.3 Å². The summed E-state index contributed by atoms with van der Waals surface area (Å²) in [7, 11) is 0. The molecule has 0 radical (unpaired) electrons. The number of ether oxygens (including phenoxy) is 1. The van der Waals surface area contributed by atoms with Gasteiger partial charge >= 0.3 is 0 Å². The van der Waals surface area contributed by atoms with Crippen LogP contribution < -0.4 is 4.74 Å². The number of carbonyl (C=O) groups excluding carboxylic acids is 1. The maximum Gasteiger partial charge on any atom is 0.235 e. The summed E-state index contributed by atoms with van der Waals surface area (Å²) in [5.41, 5.74) is 0.762. The van der Waals surface area contributed by atoms with Gasteiger partial charge in [0.25, 0.3) is 0 Å². The van der Waals surface area contributed by atoms with Crippen molar-refractivity contribution in [3.63, 3.8) is 0 Å². The van der Waals surface area contributed by atoms with Crippen molar-refractivity contribution >= 4 is 6.08 Å². The number of phenols is 1. The Morgan fingerprint density at radius 1 is 1.26 bits per heavy atom. The molecule has 2 fully saturated rings. The average molecular weight is 315 g/mol. The molecule has 1 aromatic rings. The van der Waals surface area contributed by atoms with Gasteiger partial charge in [0, 0.05) is 0 Å². The third-order valence-electron chi connectivity index (χ3n) is 5.40. The smallest absolute Gasteiger partial charge is 0.235 e. The molecule has 23 heavy (non-hydrogen) atoms. The standard InChI is InChI=1S/C19H25NO3/c1-18(2)10-7-15(12-18)23-17-11-14(5-6-16(17)22)19(20-13-21)8-3-4-9-19/h5-6,11,15,22H,3-4,7-10,12H2,1-2H3. The van der Waals surface area contributed by atoms with Crippen LogP contribution in [-0.2, 0) is 10.3 Å². The fraction of sp³-hybridized carbons (Fsp3) is 0.632. The van der Waals surface area contributed by atoms with Crippen LogP contribution in [0.5, 0.6) is 11.5 Å². The van der Waals surface area contributed by atoms with E-state index < -0.39 is 5.54 Å². The predicted octanol–water partition coefficient (Wildman–Crippen LogP) is 4.45. The molecule has 3 rings (SSSR count). The first kappa shape index (κ1) is 16.1. The highest BCUT2D eigenvalue weighted by atomic mass is 16.5. The van der Waals surface area contributed by atoms with Crippen LogP contribution in [0.3, 0.4) is 0 Å². The highest BCUT2D eigenvalue weighted by Crippen LogP contribution is 2.45. The lowest BCUT2D eigenvalue weighted by molar-refractivity contribution is 0.186. The average Bonchev–Trinajstić information content (AvgIpc) is 3.09. The number of isocyanates is 1. The lowest BCUT2D eigenvalue weighted by atomic mass is 9.88. The van der Waals surface area contributed by atoms with Gasteiger partial charge in [-0.05, 0) is 55.2 Å². The van der Waals surface area contributed by atoms with Gasteiger partial charge in [0.15, 0.2) is 11.5 Å². The molecule has 0 heterocycles. The summed E-state index contributed by atoms with van der Waals surface area (Å²) in [4.78, 5) is 15.0. The summed E-state index contributed by atoms with van der Waals surface area (Å²) in [5.74, 6) is 0.666. The van der Waals surface area contributed by atoms with Gasteiger partial charge in [0.1, 0.15) is 0 Å². The predicted molar refractivity (Wildman–Crippen MR) is 88.4 cm³/mol.